The fraction of sp³-hybridized carbons (Fsp3) is 0.389. The molecule has 1 atom stereocenters. The molecule has 0 bridgehead atoms. The smallest absolute Gasteiger partial charge is 0.422 e. The summed E-state index contributed by atoms with van der Waals surface area (Å²) in [7, 11) is 1.52. The maximum Gasteiger partial charge on any atom is 0.422 e. The molecule has 1 unspecified atom stereocenters. The predicted octanol–water partition coefficient (Wildman–Crippen LogP) is 6.36. The van der Waals surface area contributed by atoms with Crippen molar-refractivity contribution in [3.05, 3.63) is 95.2 Å². The van der Waals surface area contributed by atoms with Crippen LogP contribution in [-0.2, 0) is 28.1 Å². The summed E-state index contributed by atoms with van der Waals surface area (Å²) in [6.45, 7) is 2.27. The molecule has 0 spiro atoms. The van der Waals surface area contributed by atoms with Crippen molar-refractivity contribution in [2.75, 3.05) is 33.4 Å². The molecule has 3 aromatic carbocycles. The lowest BCUT2D eigenvalue weighted by Gasteiger charge is -2.39. The van der Waals surface area contributed by atoms with Gasteiger partial charge in [0.2, 0.25) is 5.60 Å². The molecule has 11 heteroatoms. The van der Waals surface area contributed by atoms with Crippen LogP contribution in [0, 0.1) is 11.3 Å². The molecule has 1 saturated heterocycles. The second kappa shape index (κ2) is 14.5. The van der Waals surface area contributed by atoms with Gasteiger partial charge >= 0.3 is 12.1 Å². The summed E-state index contributed by atoms with van der Waals surface area (Å²) in [5.74, 6) is 0.738. The average molecular weight is 650 g/mol. The Morgan fingerprint density at radius 1 is 1.02 bits per heavy atom. The number of likely N-dealkylation sites (tertiary alicyclic amines) is 1. The third-order valence-electron chi connectivity index (χ3n) is 8.55. The second-order valence-corrected chi connectivity index (χ2v) is 11.7. The standard InChI is InChI=1S/C36H38F3N3O5/c1-3-46-34(43)14-11-25-10-13-32(33(20-25)45-2)47-28-15-17-41(18-16-28)24-35(44,36(37,38)39)30-23-42(22-26-7-5-4-6-8-26)31-12-9-27(21-40)19-29(30)31/h4-10,12-13,19-20,23,28,44H,3,11,14-18,22,24H2,1-2H3. The van der Waals surface area contributed by atoms with Gasteiger partial charge in [-0.2, -0.15) is 18.4 Å². The van der Waals surface area contributed by atoms with Crippen molar-refractivity contribution >= 4 is 16.9 Å². The molecular formula is C36H38F3N3O5. The maximum atomic E-state index is 14.9. The molecule has 47 heavy (non-hydrogen) atoms. The zero-order chi connectivity index (χ0) is 33.6. The van der Waals surface area contributed by atoms with Gasteiger partial charge in [-0.3, -0.25) is 9.69 Å². The molecule has 0 aliphatic carbocycles. The molecule has 1 aromatic heterocycles. The van der Waals surface area contributed by atoms with Gasteiger partial charge in [0.25, 0.3) is 0 Å². The number of aryl methyl sites for hydroxylation is 1. The van der Waals surface area contributed by atoms with Crippen molar-refractivity contribution in [1.29, 1.82) is 5.26 Å². The van der Waals surface area contributed by atoms with E-state index in [4.69, 9.17) is 14.2 Å². The lowest BCUT2D eigenvalue weighted by molar-refractivity contribution is -0.272. The second-order valence-electron chi connectivity index (χ2n) is 11.7. The van der Waals surface area contributed by atoms with Crippen LogP contribution in [0.2, 0.25) is 0 Å². The summed E-state index contributed by atoms with van der Waals surface area (Å²) in [6.07, 6.45) is -2.28. The molecule has 5 rings (SSSR count). The number of fused-ring (bicyclic) bond motifs is 1. The van der Waals surface area contributed by atoms with Gasteiger partial charge in [-0.25, -0.2) is 0 Å². The number of carbonyl (C=O) groups is 1. The highest BCUT2D eigenvalue weighted by atomic mass is 19.4. The number of esters is 1. The van der Waals surface area contributed by atoms with E-state index in [1.54, 1.807) is 40.7 Å². The van der Waals surface area contributed by atoms with Crippen LogP contribution in [0.1, 0.15) is 48.4 Å². The van der Waals surface area contributed by atoms with Crippen molar-refractivity contribution < 1.29 is 37.3 Å². The number of ether oxygens (including phenoxy) is 3. The lowest BCUT2D eigenvalue weighted by Crippen LogP contribution is -2.53. The Morgan fingerprint density at radius 2 is 1.77 bits per heavy atom. The van der Waals surface area contributed by atoms with E-state index < -0.39 is 18.3 Å². The molecule has 0 saturated carbocycles. The molecule has 1 aliphatic heterocycles. The summed E-state index contributed by atoms with van der Waals surface area (Å²) in [5, 5.41) is 21.3. The fourth-order valence-corrected chi connectivity index (χ4v) is 6.07. The van der Waals surface area contributed by atoms with Crippen LogP contribution < -0.4 is 9.47 Å². The monoisotopic (exact) mass is 649 g/mol. The van der Waals surface area contributed by atoms with E-state index in [-0.39, 0.29) is 48.1 Å². The van der Waals surface area contributed by atoms with E-state index in [0.717, 1.165) is 11.1 Å². The molecule has 2 heterocycles. The fourth-order valence-electron chi connectivity index (χ4n) is 6.07. The van der Waals surface area contributed by atoms with Crippen molar-refractivity contribution in [1.82, 2.24) is 9.47 Å². The number of aliphatic hydroxyl groups is 1. The maximum absolute atomic E-state index is 14.9. The van der Waals surface area contributed by atoms with Crippen LogP contribution in [-0.4, -0.2) is 66.2 Å². The Labute approximate surface area is 271 Å². The number of hydrogen-bond donors (Lipinski definition) is 1. The van der Waals surface area contributed by atoms with Crippen LogP contribution in [0.3, 0.4) is 0 Å². The van der Waals surface area contributed by atoms with Gasteiger partial charge < -0.3 is 23.9 Å². The summed E-state index contributed by atoms with van der Waals surface area (Å²) in [4.78, 5) is 13.3. The molecule has 8 nitrogen and oxygen atoms in total. The number of nitriles is 1. The molecule has 1 fully saturated rings. The molecular weight excluding hydrogens is 611 g/mol. The highest BCUT2D eigenvalue weighted by Gasteiger charge is 2.57. The van der Waals surface area contributed by atoms with Crippen LogP contribution in [0.25, 0.3) is 10.9 Å². The lowest BCUT2D eigenvalue weighted by atomic mass is 9.90. The summed E-state index contributed by atoms with van der Waals surface area (Å²) >= 11 is 0. The first-order valence-electron chi connectivity index (χ1n) is 15.6. The Bertz CT molecular complexity index is 1730. The van der Waals surface area contributed by atoms with Gasteiger partial charge in [-0.15, -0.1) is 0 Å². The zero-order valence-electron chi connectivity index (χ0n) is 26.4. The number of rotatable bonds is 12. The van der Waals surface area contributed by atoms with Crippen LogP contribution in [0.15, 0.2) is 72.9 Å². The minimum absolute atomic E-state index is 0.191. The highest BCUT2D eigenvalue weighted by Crippen LogP contribution is 2.44. The number of piperidine rings is 1. The van der Waals surface area contributed by atoms with Gasteiger partial charge in [-0.1, -0.05) is 36.4 Å². The number of hydrogen-bond acceptors (Lipinski definition) is 7. The molecule has 0 radical (unpaired) electrons. The largest absolute Gasteiger partial charge is 0.493 e. The number of alkyl halides is 3. The number of methoxy groups -OCH3 is 1. The summed E-state index contributed by atoms with van der Waals surface area (Å²) in [6, 6.07) is 21.4. The third kappa shape index (κ3) is 7.72. The van der Waals surface area contributed by atoms with Crippen molar-refractivity contribution in [3.63, 3.8) is 0 Å². The van der Waals surface area contributed by atoms with Gasteiger partial charge in [-0.05, 0) is 67.6 Å². The average Bonchev–Trinajstić information content (AvgIpc) is 3.42. The summed E-state index contributed by atoms with van der Waals surface area (Å²) < 4.78 is 63.1. The van der Waals surface area contributed by atoms with Crippen LogP contribution in [0.5, 0.6) is 11.5 Å². The first kappa shape index (κ1) is 33.8. The molecule has 1 aliphatic rings. The van der Waals surface area contributed by atoms with E-state index >= 15 is 0 Å². The van der Waals surface area contributed by atoms with E-state index in [9.17, 15) is 28.3 Å². The Balaban J connectivity index is 1.31. The van der Waals surface area contributed by atoms with E-state index in [1.165, 1.54) is 19.4 Å². The number of β-amino-alcohol motifs (C(OH)–C–C–N with tert-alkyl or cyclic N) is 1. The Hall–Kier alpha value is -4.53. The number of halogens is 3. The zero-order valence-corrected chi connectivity index (χ0v) is 26.4. The van der Waals surface area contributed by atoms with E-state index in [2.05, 4.69) is 0 Å². The van der Waals surface area contributed by atoms with Gasteiger partial charge in [0.05, 0.1) is 25.3 Å². The van der Waals surface area contributed by atoms with Crippen LogP contribution in [0.4, 0.5) is 13.2 Å². The molecule has 248 valence electrons. The third-order valence-corrected chi connectivity index (χ3v) is 8.55. The van der Waals surface area contributed by atoms with Gasteiger partial charge in [0.1, 0.15) is 6.10 Å². The van der Waals surface area contributed by atoms with E-state index in [1.807, 2.05) is 42.5 Å². The Kier molecular flexibility index (Phi) is 10.4. The normalized spacial score (nSPS) is 15.6. The number of nitrogens with zero attached hydrogens (tertiary/aromatic N) is 3. The molecule has 0 amide bonds. The summed E-state index contributed by atoms with van der Waals surface area (Å²) in [5.41, 5.74) is -0.979. The predicted molar refractivity (Wildman–Crippen MR) is 170 cm³/mol. The number of benzene rings is 3. The van der Waals surface area contributed by atoms with Gasteiger partial charge in [0.15, 0.2) is 11.5 Å². The molecule has 1 N–H and O–H groups in total. The van der Waals surface area contributed by atoms with Gasteiger partial charge in [0, 0.05) is 55.3 Å². The number of carbonyl (C=O) groups excluding carboxylic acids is 1. The van der Waals surface area contributed by atoms with Crippen molar-refractivity contribution in [3.8, 4) is 17.6 Å². The topological polar surface area (TPSA) is 97.0 Å². The SMILES string of the molecule is CCOC(=O)CCc1ccc(OC2CCN(CC(O)(c3cn(Cc4ccccc4)c4ccc(C#N)cc34)C(F)(F)F)CC2)c(OC)c1. The first-order valence-corrected chi connectivity index (χ1v) is 15.6. The minimum Gasteiger partial charge on any atom is -0.493 e. The number of aromatic nitrogens is 1. The van der Waals surface area contributed by atoms with Crippen LogP contribution >= 0.6 is 0 Å². The molecule has 4 aromatic rings. The van der Waals surface area contributed by atoms with E-state index in [0.29, 0.717) is 49.4 Å². The Morgan fingerprint density at radius 3 is 2.43 bits per heavy atom. The highest BCUT2D eigenvalue weighted by molar-refractivity contribution is 5.86. The van der Waals surface area contributed by atoms with Crippen molar-refractivity contribution in [2.45, 2.75) is 57.0 Å². The first-order chi connectivity index (χ1) is 22.5. The van der Waals surface area contributed by atoms with Crippen molar-refractivity contribution in [2.24, 2.45) is 0 Å². The minimum atomic E-state index is -4.99. The quantitative estimate of drug-likeness (QED) is 0.179.